The Balaban J connectivity index is 0.00000312. The number of hydrogen-bond acceptors (Lipinski definition) is 2. The molecule has 0 aromatic carbocycles. The quantitative estimate of drug-likeness (QED) is 0.401. The summed E-state index contributed by atoms with van der Waals surface area (Å²) < 4.78 is 13.3. The summed E-state index contributed by atoms with van der Waals surface area (Å²) >= 11 is 0. The fraction of sp³-hybridized carbons (Fsp3) is 1.00. The van der Waals surface area contributed by atoms with E-state index in [1.165, 1.54) is 83.1 Å². The van der Waals surface area contributed by atoms with E-state index in [9.17, 15) is 0 Å². The van der Waals surface area contributed by atoms with Gasteiger partial charge in [0.05, 0.1) is 28.8 Å². The average Bonchev–Trinajstić information content (AvgIpc) is 2.65. The molecular weight excluding hydrogens is 328 g/mol. The first-order chi connectivity index (χ1) is 11.7. The van der Waals surface area contributed by atoms with Gasteiger partial charge < -0.3 is 9.47 Å². The maximum absolute atomic E-state index is 6.73. The van der Waals surface area contributed by atoms with E-state index in [1.807, 2.05) is 0 Å². The highest BCUT2D eigenvalue weighted by molar-refractivity contribution is 6.63. The van der Waals surface area contributed by atoms with E-state index in [1.54, 1.807) is 0 Å². The summed E-state index contributed by atoms with van der Waals surface area (Å²) in [4.78, 5) is 0. The van der Waals surface area contributed by atoms with Crippen molar-refractivity contribution >= 4 is 18.3 Å². The maximum Gasteiger partial charge on any atom is 1.00 e. The molecule has 0 amide bonds. The molecular formula is C20H43O2Si2+. The molecule has 0 bridgehead atoms. The predicted molar refractivity (Wildman–Crippen MR) is 112 cm³/mol. The molecule has 24 heavy (non-hydrogen) atoms. The molecule has 0 spiro atoms. The van der Waals surface area contributed by atoms with E-state index in [-0.39, 0.29) is 21.4 Å². The van der Waals surface area contributed by atoms with Gasteiger partial charge >= 0.3 is 1.43 Å². The third kappa shape index (κ3) is 4.74. The van der Waals surface area contributed by atoms with Crippen molar-refractivity contribution in [2.45, 2.75) is 114 Å². The zero-order valence-corrected chi connectivity index (χ0v) is 19.3. The first-order valence-electron chi connectivity index (χ1n) is 11.0. The molecule has 0 saturated carbocycles. The molecule has 0 radical (unpaired) electrons. The van der Waals surface area contributed by atoms with Crippen molar-refractivity contribution < 1.29 is 10.9 Å². The summed E-state index contributed by atoms with van der Waals surface area (Å²) in [7, 11) is -1.18. The minimum Gasteiger partial charge on any atom is -0.377 e. The number of ether oxygens (including phenoxy) is 2. The van der Waals surface area contributed by atoms with E-state index in [2.05, 4.69) is 20.0 Å². The second-order valence-corrected chi connectivity index (χ2v) is 13.5. The van der Waals surface area contributed by atoms with Crippen LogP contribution >= 0.6 is 0 Å². The molecule has 2 aliphatic rings. The van der Waals surface area contributed by atoms with Crippen molar-refractivity contribution in [2.24, 2.45) is 0 Å². The zero-order valence-electron chi connectivity index (χ0n) is 17.7. The first kappa shape index (κ1) is 20.7. The lowest BCUT2D eigenvalue weighted by Crippen LogP contribution is -2.69. The minimum atomic E-state index is -0.949. The van der Waals surface area contributed by atoms with E-state index >= 15 is 0 Å². The van der Waals surface area contributed by atoms with Gasteiger partial charge in [-0.2, -0.15) is 0 Å². The van der Waals surface area contributed by atoms with Crippen LogP contribution in [-0.4, -0.2) is 42.0 Å². The monoisotopic (exact) mass is 371 g/mol. The number of rotatable bonds is 10. The van der Waals surface area contributed by atoms with Gasteiger partial charge in [-0.05, 0) is 38.5 Å². The summed E-state index contributed by atoms with van der Waals surface area (Å²) in [5, 5.41) is 0.357. The molecule has 0 aromatic rings. The van der Waals surface area contributed by atoms with E-state index in [4.69, 9.17) is 9.47 Å². The lowest BCUT2D eigenvalue weighted by atomic mass is 9.96. The maximum atomic E-state index is 6.73. The van der Waals surface area contributed by atoms with Crippen LogP contribution in [0, 0.1) is 0 Å². The molecule has 2 rings (SSSR count). The Morgan fingerprint density at radius 2 is 1.58 bits per heavy atom. The van der Waals surface area contributed by atoms with Crippen LogP contribution in [0.25, 0.3) is 0 Å². The fourth-order valence-corrected chi connectivity index (χ4v) is 12.3. The Morgan fingerprint density at radius 1 is 0.917 bits per heavy atom. The highest BCUT2D eigenvalue weighted by Crippen LogP contribution is 2.45. The topological polar surface area (TPSA) is 18.5 Å². The minimum absolute atomic E-state index is 0. The SMILES string of the molecule is CCCCCCCC[SiH](C)C1(C2([SiH2]C)CCCCO2)CCCCO1.[H+]. The van der Waals surface area contributed by atoms with Gasteiger partial charge in [0.2, 0.25) is 0 Å². The van der Waals surface area contributed by atoms with Crippen LogP contribution in [0.3, 0.4) is 0 Å². The second kappa shape index (κ2) is 10.5. The Bertz CT molecular complexity index is 343. The van der Waals surface area contributed by atoms with Gasteiger partial charge in [0.15, 0.2) is 0 Å². The van der Waals surface area contributed by atoms with Crippen molar-refractivity contribution in [1.29, 1.82) is 0 Å². The number of hydrogen-bond donors (Lipinski definition) is 0. The average molecular weight is 372 g/mol. The summed E-state index contributed by atoms with van der Waals surface area (Å²) in [5.74, 6) is 0. The van der Waals surface area contributed by atoms with Crippen LogP contribution < -0.4 is 0 Å². The summed E-state index contributed by atoms with van der Waals surface area (Å²) in [6.07, 6.45) is 16.4. The van der Waals surface area contributed by atoms with Gasteiger partial charge in [0.25, 0.3) is 0 Å². The molecule has 0 N–H and O–H groups in total. The van der Waals surface area contributed by atoms with Crippen molar-refractivity contribution in [3.05, 3.63) is 0 Å². The first-order valence-corrected chi connectivity index (χ1v) is 15.7. The normalized spacial score (nSPS) is 33.1. The molecule has 2 saturated heterocycles. The third-order valence-corrected chi connectivity index (χ3v) is 13.3. The zero-order chi connectivity index (χ0) is 17.3. The predicted octanol–water partition coefficient (Wildman–Crippen LogP) is 4.91. The molecule has 0 aliphatic carbocycles. The van der Waals surface area contributed by atoms with Crippen LogP contribution in [0.15, 0.2) is 0 Å². The Labute approximate surface area is 156 Å². The fourth-order valence-electron chi connectivity index (χ4n) is 5.24. The van der Waals surface area contributed by atoms with Gasteiger partial charge in [0, 0.05) is 13.2 Å². The van der Waals surface area contributed by atoms with Crippen molar-refractivity contribution in [1.82, 2.24) is 0 Å². The smallest absolute Gasteiger partial charge is 0.377 e. The highest BCUT2D eigenvalue weighted by atomic mass is 28.3. The molecule has 3 unspecified atom stereocenters. The van der Waals surface area contributed by atoms with Gasteiger partial charge in [-0.15, -0.1) is 0 Å². The van der Waals surface area contributed by atoms with Crippen molar-refractivity contribution in [3.8, 4) is 0 Å². The summed E-state index contributed by atoms with van der Waals surface area (Å²) in [6, 6.07) is 1.46. The standard InChI is InChI=1S/C20H42O2Si2/c1-4-5-6-7-8-13-18-24(3)20(15-10-12-17-22-20)19(23-2)14-9-11-16-21-19/h24H,4-18,23H2,1-3H3/p+1. The molecule has 2 aliphatic heterocycles. The van der Waals surface area contributed by atoms with Crippen molar-refractivity contribution in [3.63, 3.8) is 0 Å². The Hall–Kier alpha value is 0.354. The van der Waals surface area contributed by atoms with E-state index < -0.39 is 8.80 Å². The van der Waals surface area contributed by atoms with Crippen LogP contribution in [0.4, 0.5) is 0 Å². The highest BCUT2D eigenvalue weighted by Gasteiger charge is 2.56. The summed E-state index contributed by atoms with van der Waals surface area (Å²) in [5.41, 5.74) is 0. The lowest BCUT2D eigenvalue weighted by Gasteiger charge is -2.56. The molecule has 0 aromatic heterocycles. The molecule has 2 fully saturated rings. The van der Waals surface area contributed by atoms with Crippen LogP contribution in [0.2, 0.25) is 19.1 Å². The second-order valence-electron chi connectivity index (χ2n) is 8.31. The van der Waals surface area contributed by atoms with Crippen LogP contribution in [0.5, 0.6) is 0 Å². The van der Waals surface area contributed by atoms with Gasteiger partial charge in [-0.1, -0.05) is 64.6 Å². The molecule has 2 heterocycles. The van der Waals surface area contributed by atoms with Gasteiger partial charge in [-0.25, -0.2) is 0 Å². The summed E-state index contributed by atoms with van der Waals surface area (Å²) in [6.45, 7) is 9.38. The third-order valence-electron chi connectivity index (χ3n) is 6.78. The van der Waals surface area contributed by atoms with Crippen LogP contribution in [-0.2, 0) is 9.47 Å². The number of unbranched alkanes of at least 4 members (excludes halogenated alkanes) is 5. The van der Waals surface area contributed by atoms with Crippen molar-refractivity contribution in [2.75, 3.05) is 13.2 Å². The van der Waals surface area contributed by atoms with Gasteiger partial charge in [0.1, 0.15) is 0 Å². The Kier molecular flexibility index (Phi) is 9.03. The molecule has 2 nitrogen and oxygen atoms in total. The van der Waals surface area contributed by atoms with E-state index in [0.717, 1.165) is 13.2 Å². The molecule has 3 atom stereocenters. The lowest BCUT2D eigenvalue weighted by molar-refractivity contribution is -0.162. The molecule has 4 heteroatoms. The largest absolute Gasteiger partial charge is 1.00 e. The molecule has 142 valence electrons. The Morgan fingerprint density at radius 3 is 2.17 bits per heavy atom. The van der Waals surface area contributed by atoms with E-state index in [0.29, 0.717) is 0 Å². The van der Waals surface area contributed by atoms with Crippen LogP contribution in [0.1, 0.15) is 85.4 Å². The van der Waals surface area contributed by atoms with Gasteiger partial charge in [-0.3, -0.25) is 0 Å².